The number of benzene rings is 1. The first-order valence-electron chi connectivity index (χ1n) is 5.71. The topological polar surface area (TPSA) is 48.4 Å². The molecule has 1 aliphatic carbocycles. The molecule has 84 valence electrons. The largest absolute Gasteiger partial charge is 0.489 e. The summed E-state index contributed by atoms with van der Waals surface area (Å²) in [6.07, 6.45) is 2.57. The van der Waals surface area contributed by atoms with E-state index >= 15 is 0 Å². The smallest absolute Gasteiger partial charge is 0.169 e. The van der Waals surface area contributed by atoms with Crippen molar-refractivity contribution in [3.63, 3.8) is 0 Å². The molecule has 2 N–H and O–H groups in total. The fraction of sp³-hybridized carbons (Fsp3) is 0.385. The Morgan fingerprint density at radius 2 is 2.12 bits per heavy atom. The van der Waals surface area contributed by atoms with Crippen LogP contribution < -0.4 is 10.5 Å². The van der Waals surface area contributed by atoms with E-state index in [1.165, 1.54) is 12.8 Å². The molecule has 3 rings (SSSR count). The maximum Gasteiger partial charge on any atom is 0.169 e. The van der Waals surface area contributed by atoms with Gasteiger partial charge in [-0.15, -0.1) is 0 Å². The van der Waals surface area contributed by atoms with Crippen molar-refractivity contribution in [1.82, 2.24) is 0 Å². The first kappa shape index (κ1) is 9.73. The Labute approximate surface area is 94.2 Å². The van der Waals surface area contributed by atoms with Gasteiger partial charge in [-0.25, -0.2) is 0 Å². The van der Waals surface area contributed by atoms with Crippen LogP contribution >= 0.6 is 0 Å². The molecule has 1 aromatic carbocycles. The van der Waals surface area contributed by atoms with E-state index < -0.39 is 0 Å². The maximum absolute atomic E-state index is 5.83. The van der Waals surface area contributed by atoms with Gasteiger partial charge in [-0.3, -0.25) is 0 Å². The third-order valence-electron chi connectivity index (χ3n) is 2.96. The van der Waals surface area contributed by atoms with E-state index in [0.29, 0.717) is 6.54 Å². The van der Waals surface area contributed by atoms with Crippen molar-refractivity contribution >= 4 is 11.0 Å². The van der Waals surface area contributed by atoms with Crippen molar-refractivity contribution in [3.8, 4) is 5.75 Å². The third kappa shape index (κ3) is 1.67. The molecule has 1 aliphatic rings. The first-order chi connectivity index (χ1) is 7.88. The van der Waals surface area contributed by atoms with Crippen LogP contribution in [0.1, 0.15) is 18.6 Å². The number of furan rings is 1. The standard InChI is InChI=1S/C13H15NO2/c14-7-12-13(15-8-9-5-6-9)10-3-1-2-4-11(10)16-12/h1-4,9H,5-8,14H2. The molecule has 0 spiro atoms. The minimum atomic E-state index is 0.384. The van der Waals surface area contributed by atoms with Crippen molar-refractivity contribution in [2.24, 2.45) is 11.7 Å². The molecular weight excluding hydrogens is 202 g/mol. The molecule has 0 amide bonds. The SMILES string of the molecule is NCc1oc2ccccc2c1OCC1CC1. The molecule has 0 atom stereocenters. The van der Waals surface area contributed by atoms with Gasteiger partial charge < -0.3 is 14.9 Å². The molecule has 3 heteroatoms. The summed E-state index contributed by atoms with van der Waals surface area (Å²) in [7, 11) is 0. The number of fused-ring (bicyclic) bond motifs is 1. The van der Waals surface area contributed by atoms with Crippen LogP contribution in [0, 0.1) is 5.92 Å². The van der Waals surface area contributed by atoms with E-state index in [1.54, 1.807) is 0 Å². The molecule has 1 fully saturated rings. The van der Waals surface area contributed by atoms with E-state index in [0.717, 1.165) is 35.0 Å². The highest BCUT2D eigenvalue weighted by Crippen LogP contribution is 2.35. The fourth-order valence-corrected chi connectivity index (χ4v) is 1.85. The van der Waals surface area contributed by atoms with Crippen molar-refractivity contribution < 1.29 is 9.15 Å². The van der Waals surface area contributed by atoms with Gasteiger partial charge in [-0.05, 0) is 30.9 Å². The number of para-hydroxylation sites is 1. The summed E-state index contributed by atoms with van der Waals surface area (Å²) in [4.78, 5) is 0. The Kier molecular flexibility index (Phi) is 2.33. The van der Waals surface area contributed by atoms with Gasteiger partial charge in [-0.1, -0.05) is 12.1 Å². The van der Waals surface area contributed by atoms with Crippen LogP contribution in [0.3, 0.4) is 0 Å². The predicted molar refractivity (Wildman–Crippen MR) is 62.3 cm³/mol. The Morgan fingerprint density at radius 1 is 1.31 bits per heavy atom. The predicted octanol–water partition coefficient (Wildman–Crippen LogP) is 2.68. The third-order valence-corrected chi connectivity index (χ3v) is 2.96. The molecule has 1 saturated carbocycles. The van der Waals surface area contributed by atoms with Gasteiger partial charge in [0.25, 0.3) is 0 Å². The molecule has 0 unspecified atom stereocenters. The Balaban J connectivity index is 1.97. The van der Waals surface area contributed by atoms with E-state index in [2.05, 4.69) is 0 Å². The lowest BCUT2D eigenvalue weighted by Gasteiger charge is -2.04. The molecular formula is C13H15NO2. The van der Waals surface area contributed by atoms with Crippen LogP contribution in [0.4, 0.5) is 0 Å². The van der Waals surface area contributed by atoms with Crippen LogP contribution in [-0.4, -0.2) is 6.61 Å². The second kappa shape index (κ2) is 3.83. The van der Waals surface area contributed by atoms with Gasteiger partial charge in [-0.2, -0.15) is 0 Å². The first-order valence-corrected chi connectivity index (χ1v) is 5.71. The highest BCUT2D eigenvalue weighted by atomic mass is 16.5. The minimum Gasteiger partial charge on any atom is -0.489 e. The summed E-state index contributed by atoms with van der Waals surface area (Å²) < 4.78 is 11.5. The quantitative estimate of drug-likeness (QED) is 0.856. The van der Waals surface area contributed by atoms with E-state index in [9.17, 15) is 0 Å². The maximum atomic E-state index is 5.83. The number of rotatable bonds is 4. The van der Waals surface area contributed by atoms with Crippen LogP contribution in [0.25, 0.3) is 11.0 Å². The number of nitrogens with two attached hydrogens (primary N) is 1. The molecule has 0 aliphatic heterocycles. The summed E-state index contributed by atoms with van der Waals surface area (Å²) in [5, 5.41) is 1.03. The highest BCUT2D eigenvalue weighted by molar-refractivity contribution is 5.85. The summed E-state index contributed by atoms with van der Waals surface area (Å²) in [5.41, 5.74) is 6.52. The Bertz CT molecular complexity index is 500. The zero-order valence-electron chi connectivity index (χ0n) is 9.11. The highest BCUT2D eigenvalue weighted by Gasteiger charge is 2.23. The molecule has 1 aromatic heterocycles. The fourth-order valence-electron chi connectivity index (χ4n) is 1.85. The van der Waals surface area contributed by atoms with Crippen LogP contribution in [-0.2, 0) is 6.54 Å². The molecule has 3 nitrogen and oxygen atoms in total. The summed E-state index contributed by atoms with van der Waals surface area (Å²) in [6, 6.07) is 7.90. The van der Waals surface area contributed by atoms with Crippen molar-refractivity contribution in [2.45, 2.75) is 19.4 Å². The number of ether oxygens (including phenoxy) is 1. The second-order valence-corrected chi connectivity index (χ2v) is 4.31. The lowest BCUT2D eigenvalue weighted by atomic mass is 10.2. The summed E-state index contributed by atoms with van der Waals surface area (Å²) >= 11 is 0. The normalized spacial score (nSPS) is 15.6. The lowest BCUT2D eigenvalue weighted by molar-refractivity contribution is 0.293. The monoisotopic (exact) mass is 217 g/mol. The molecule has 0 radical (unpaired) electrons. The second-order valence-electron chi connectivity index (χ2n) is 4.31. The van der Waals surface area contributed by atoms with Crippen LogP contribution in [0.5, 0.6) is 5.75 Å². The molecule has 2 aromatic rings. The number of hydrogen-bond donors (Lipinski definition) is 1. The van der Waals surface area contributed by atoms with Gasteiger partial charge in [0, 0.05) is 0 Å². The van der Waals surface area contributed by atoms with Gasteiger partial charge in [0.05, 0.1) is 18.5 Å². The Morgan fingerprint density at radius 3 is 2.88 bits per heavy atom. The van der Waals surface area contributed by atoms with E-state index in [-0.39, 0.29) is 0 Å². The average Bonchev–Trinajstić information content (AvgIpc) is 3.07. The summed E-state index contributed by atoms with van der Waals surface area (Å²) in [5.74, 6) is 2.33. The van der Waals surface area contributed by atoms with Crippen molar-refractivity contribution in [1.29, 1.82) is 0 Å². The average molecular weight is 217 g/mol. The van der Waals surface area contributed by atoms with Gasteiger partial charge in [0.2, 0.25) is 0 Å². The van der Waals surface area contributed by atoms with E-state index in [4.69, 9.17) is 14.9 Å². The zero-order valence-corrected chi connectivity index (χ0v) is 9.11. The van der Waals surface area contributed by atoms with Crippen LogP contribution in [0.2, 0.25) is 0 Å². The van der Waals surface area contributed by atoms with Gasteiger partial charge in [0.15, 0.2) is 11.5 Å². The molecule has 0 saturated heterocycles. The minimum absolute atomic E-state index is 0.384. The zero-order chi connectivity index (χ0) is 11.0. The van der Waals surface area contributed by atoms with Crippen LogP contribution in [0.15, 0.2) is 28.7 Å². The Hall–Kier alpha value is -1.48. The van der Waals surface area contributed by atoms with E-state index in [1.807, 2.05) is 24.3 Å². The number of hydrogen-bond acceptors (Lipinski definition) is 3. The van der Waals surface area contributed by atoms with Gasteiger partial charge in [0.1, 0.15) is 5.58 Å². The van der Waals surface area contributed by atoms with Crippen molar-refractivity contribution in [3.05, 3.63) is 30.0 Å². The molecule has 0 bridgehead atoms. The van der Waals surface area contributed by atoms with Crippen molar-refractivity contribution in [2.75, 3.05) is 6.61 Å². The molecule has 1 heterocycles. The lowest BCUT2D eigenvalue weighted by Crippen LogP contribution is -2.02. The molecule has 16 heavy (non-hydrogen) atoms. The van der Waals surface area contributed by atoms with Gasteiger partial charge >= 0.3 is 0 Å². The summed E-state index contributed by atoms with van der Waals surface area (Å²) in [6.45, 7) is 1.17.